The number of carbonyl (C=O) groups excluding carboxylic acids is 1. The molecule has 0 atom stereocenters. The van der Waals surface area contributed by atoms with E-state index in [1.165, 1.54) is 12.1 Å². The zero-order valence-electron chi connectivity index (χ0n) is 10.4. The number of nitrogens with zero attached hydrogens (tertiary/aromatic N) is 2. The minimum Gasteiger partial charge on any atom is -0.406 e. The molecular weight excluding hydrogens is 333 g/mol. The Morgan fingerprint density at radius 3 is 2.68 bits per heavy atom. The summed E-state index contributed by atoms with van der Waals surface area (Å²) in [4.78, 5) is 11.4. The van der Waals surface area contributed by atoms with E-state index in [-0.39, 0.29) is 5.69 Å². The molecule has 0 aliphatic rings. The third-order valence-corrected chi connectivity index (χ3v) is 2.99. The first kappa shape index (κ1) is 16.1. The van der Waals surface area contributed by atoms with Crippen LogP contribution in [0.25, 0.3) is 0 Å². The first-order valence-corrected chi connectivity index (χ1v) is 6.31. The molecule has 0 fully saturated rings. The van der Waals surface area contributed by atoms with Crippen LogP contribution in [0.5, 0.6) is 5.75 Å². The molecule has 0 radical (unpaired) electrons. The second kappa shape index (κ2) is 6.22. The van der Waals surface area contributed by atoms with Crippen LogP contribution in [-0.2, 0) is 0 Å². The average molecular weight is 339 g/mol. The molecule has 0 saturated heterocycles. The fraction of sp³-hybridized carbons (Fsp3) is 0.182. The van der Waals surface area contributed by atoms with Crippen LogP contribution < -0.4 is 10.1 Å². The first-order chi connectivity index (χ1) is 10.3. The van der Waals surface area contributed by atoms with Crippen LogP contribution in [0, 0.1) is 0 Å². The van der Waals surface area contributed by atoms with Gasteiger partial charge in [-0.15, -0.1) is 18.3 Å². The molecule has 0 saturated carbocycles. The number of ether oxygens (including phenoxy) is 1. The maximum absolute atomic E-state index is 12.6. The van der Waals surface area contributed by atoms with Gasteiger partial charge in [0.25, 0.3) is 12.3 Å². The van der Waals surface area contributed by atoms with E-state index >= 15 is 0 Å². The minimum atomic E-state index is -4.88. The fourth-order valence-electron chi connectivity index (χ4n) is 1.46. The van der Waals surface area contributed by atoms with Crippen molar-refractivity contribution < 1.29 is 31.5 Å². The van der Waals surface area contributed by atoms with E-state index in [0.29, 0.717) is 11.5 Å². The van der Waals surface area contributed by atoms with E-state index in [1.807, 2.05) is 0 Å². The maximum atomic E-state index is 12.6. The number of carbonyl (C=O) groups is 1. The highest BCUT2D eigenvalue weighted by molar-refractivity contribution is 7.08. The van der Waals surface area contributed by atoms with Gasteiger partial charge in [0.1, 0.15) is 10.6 Å². The van der Waals surface area contributed by atoms with Crippen molar-refractivity contribution in [3.05, 3.63) is 34.8 Å². The maximum Gasteiger partial charge on any atom is 0.573 e. The van der Waals surface area contributed by atoms with E-state index in [1.54, 1.807) is 0 Å². The van der Waals surface area contributed by atoms with Crippen molar-refractivity contribution >= 4 is 23.1 Å². The number of rotatable bonds is 4. The van der Waals surface area contributed by atoms with Crippen LogP contribution in [0.3, 0.4) is 0 Å². The Morgan fingerprint density at radius 2 is 2.05 bits per heavy atom. The molecule has 11 heteroatoms. The lowest BCUT2D eigenvalue weighted by molar-refractivity contribution is -0.274. The Bertz CT molecular complexity index is 674. The third kappa shape index (κ3) is 4.10. The van der Waals surface area contributed by atoms with Gasteiger partial charge in [-0.3, -0.25) is 4.79 Å². The van der Waals surface area contributed by atoms with Crippen LogP contribution in [0.2, 0.25) is 0 Å². The molecule has 118 valence electrons. The molecule has 2 aromatic rings. The van der Waals surface area contributed by atoms with Gasteiger partial charge in [0, 0.05) is 11.8 Å². The van der Waals surface area contributed by atoms with E-state index in [9.17, 15) is 26.7 Å². The minimum absolute atomic E-state index is 0.0552. The zero-order chi connectivity index (χ0) is 16.3. The summed E-state index contributed by atoms with van der Waals surface area (Å²) in [6.45, 7) is 0. The summed E-state index contributed by atoms with van der Waals surface area (Å²) in [6, 6.07) is 4.41. The quantitative estimate of drug-likeness (QED) is 0.864. The van der Waals surface area contributed by atoms with Crippen molar-refractivity contribution in [2.75, 3.05) is 5.32 Å². The van der Waals surface area contributed by atoms with Crippen molar-refractivity contribution in [2.45, 2.75) is 12.8 Å². The van der Waals surface area contributed by atoms with E-state index in [0.717, 1.165) is 12.1 Å². The molecule has 1 heterocycles. The SMILES string of the molecule is O=C(Nc1cccc(OC(F)(F)F)c1)c1snnc1C(F)F. The van der Waals surface area contributed by atoms with Gasteiger partial charge in [0.05, 0.1) is 0 Å². The smallest absolute Gasteiger partial charge is 0.406 e. The monoisotopic (exact) mass is 339 g/mol. The lowest BCUT2D eigenvalue weighted by Gasteiger charge is -2.10. The lowest BCUT2D eigenvalue weighted by atomic mass is 10.3. The first-order valence-electron chi connectivity index (χ1n) is 5.54. The Morgan fingerprint density at radius 1 is 1.32 bits per heavy atom. The van der Waals surface area contributed by atoms with Gasteiger partial charge >= 0.3 is 6.36 Å². The Kier molecular flexibility index (Phi) is 4.54. The Labute approximate surface area is 123 Å². The number of halogens is 5. The van der Waals surface area contributed by atoms with Gasteiger partial charge in [0.15, 0.2) is 5.69 Å². The number of aromatic nitrogens is 2. The number of amides is 1. The number of benzene rings is 1. The summed E-state index contributed by atoms with van der Waals surface area (Å²) in [5.74, 6) is -1.50. The highest BCUT2D eigenvalue weighted by Gasteiger charge is 2.31. The summed E-state index contributed by atoms with van der Waals surface area (Å²) in [5.41, 5.74) is -0.842. The van der Waals surface area contributed by atoms with E-state index < -0.39 is 35.0 Å². The van der Waals surface area contributed by atoms with Crippen LogP contribution in [0.15, 0.2) is 24.3 Å². The highest BCUT2D eigenvalue weighted by atomic mass is 32.1. The normalized spacial score (nSPS) is 11.5. The van der Waals surface area contributed by atoms with Crippen LogP contribution in [-0.4, -0.2) is 21.9 Å². The summed E-state index contributed by atoms with van der Waals surface area (Å²) in [5, 5.41) is 5.31. The van der Waals surface area contributed by atoms with Crippen molar-refractivity contribution in [3.63, 3.8) is 0 Å². The molecule has 0 unspecified atom stereocenters. The largest absolute Gasteiger partial charge is 0.573 e. The summed E-state index contributed by atoms with van der Waals surface area (Å²) in [6.07, 6.45) is -7.87. The molecule has 22 heavy (non-hydrogen) atoms. The van der Waals surface area contributed by atoms with Gasteiger partial charge < -0.3 is 10.1 Å². The molecular formula is C11H6F5N3O2S. The van der Waals surface area contributed by atoms with Crippen molar-refractivity contribution in [2.24, 2.45) is 0 Å². The summed E-state index contributed by atoms with van der Waals surface area (Å²) >= 11 is 0.455. The third-order valence-electron chi connectivity index (χ3n) is 2.25. The number of anilines is 1. The van der Waals surface area contributed by atoms with Gasteiger partial charge in [-0.2, -0.15) is 0 Å². The molecule has 1 aromatic heterocycles. The lowest BCUT2D eigenvalue weighted by Crippen LogP contribution is -2.17. The molecule has 0 aliphatic carbocycles. The second-order valence-electron chi connectivity index (χ2n) is 3.82. The highest BCUT2D eigenvalue weighted by Crippen LogP contribution is 2.27. The van der Waals surface area contributed by atoms with Crippen LogP contribution in [0.1, 0.15) is 21.8 Å². The molecule has 1 amide bonds. The topological polar surface area (TPSA) is 64.1 Å². The van der Waals surface area contributed by atoms with Crippen molar-refractivity contribution in [1.29, 1.82) is 0 Å². The van der Waals surface area contributed by atoms with E-state index in [4.69, 9.17) is 0 Å². The molecule has 2 rings (SSSR count). The van der Waals surface area contributed by atoms with E-state index in [2.05, 4.69) is 19.6 Å². The van der Waals surface area contributed by atoms with Gasteiger partial charge in [-0.05, 0) is 23.7 Å². The molecule has 1 N–H and O–H groups in total. The number of alkyl halides is 5. The average Bonchev–Trinajstić information content (AvgIpc) is 2.86. The van der Waals surface area contributed by atoms with Gasteiger partial charge in [0.2, 0.25) is 0 Å². The fourth-order valence-corrected chi connectivity index (χ4v) is 2.02. The summed E-state index contributed by atoms with van der Waals surface area (Å²) in [7, 11) is 0. The zero-order valence-corrected chi connectivity index (χ0v) is 11.2. The molecule has 0 aliphatic heterocycles. The van der Waals surface area contributed by atoms with Crippen LogP contribution in [0.4, 0.5) is 27.6 Å². The van der Waals surface area contributed by atoms with Crippen LogP contribution >= 0.6 is 11.5 Å². The summed E-state index contributed by atoms with van der Waals surface area (Å²) < 4.78 is 68.4. The molecule has 1 aromatic carbocycles. The second-order valence-corrected chi connectivity index (χ2v) is 4.57. The van der Waals surface area contributed by atoms with Crippen molar-refractivity contribution in [1.82, 2.24) is 9.59 Å². The Balaban J connectivity index is 2.15. The van der Waals surface area contributed by atoms with Crippen molar-refractivity contribution in [3.8, 4) is 5.75 Å². The number of hydrogen-bond acceptors (Lipinski definition) is 5. The van der Waals surface area contributed by atoms with Gasteiger partial charge in [-0.25, -0.2) is 8.78 Å². The molecule has 0 spiro atoms. The number of hydrogen-bond donors (Lipinski definition) is 1. The standard InChI is InChI=1S/C11H6F5N3O2S/c12-9(13)7-8(22-19-18-7)10(20)17-5-2-1-3-6(4-5)21-11(14,15)16/h1-4,9H,(H,17,20). The predicted molar refractivity (Wildman–Crippen MR) is 65.9 cm³/mol. The predicted octanol–water partition coefficient (Wildman–Crippen LogP) is 3.63. The van der Waals surface area contributed by atoms with Gasteiger partial charge in [-0.1, -0.05) is 10.6 Å². The molecule has 5 nitrogen and oxygen atoms in total. The molecule has 0 bridgehead atoms. The number of nitrogens with one attached hydrogen (secondary N) is 1. The Hall–Kier alpha value is -2.30.